The fourth-order valence-corrected chi connectivity index (χ4v) is 6.40. The summed E-state index contributed by atoms with van der Waals surface area (Å²) in [4.78, 5) is 0. The third-order valence-electron chi connectivity index (χ3n) is 4.66. The van der Waals surface area contributed by atoms with Gasteiger partial charge in [-0.05, 0) is 50.4 Å². The lowest BCUT2D eigenvalue weighted by atomic mass is 10.2. The second-order valence-corrected chi connectivity index (χ2v) is 10.4. The standard InChI is InChI=1S/C22H41NO3Si/c1-4-6-18-25-27(26-19-7-5-2,21-22-13-9-8-10-14-22)20-12-16-23-15-11-17-24-3/h8-10,13-14,23H,4-7,11-12,15-21H2,1-3H3. The molecule has 0 bridgehead atoms. The van der Waals surface area contributed by atoms with Gasteiger partial charge in [0.1, 0.15) is 0 Å². The van der Waals surface area contributed by atoms with Gasteiger partial charge in [-0.3, -0.25) is 0 Å². The van der Waals surface area contributed by atoms with Crippen LogP contribution in [0.5, 0.6) is 0 Å². The van der Waals surface area contributed by atoms with E-state index < -0.39 is 8.56 Å². The average molecular weight is 396 g/mol. The molecular formula is C22H41NO3Si. The monoisotopic (exact) mass is 395 g/mol. The van der Waals surface area contributed by atoms with E-state index in [1.807, 2.05) is 0 Å². The van der Waals surface area contributed by atoms with E-state index >= 15 is 0 Å². The molecule has 0 heterocycles. The first kappa shape index (κ1) is 24.3. The summed E-state index contributed by atoms with van der Waals surface area (Å²) in [5, 5.41) is 3.52. The normalized spacial score (nSPS) is 11.8. The molecule has 0 aliphatic carbocycles. The van der Waals surface area contributed by atoms with E-state index in [1.165, 1.54) is 5.56 Å². The molecule has 0 radical (unpaired) electrons. The molecule has 0 aromatic heterocycles. The van der Waals surface area contributed by atoms with Gasteiger partial charge in [0.15, 0.2) is 0 Å². The zero-order valence-corrected chi connectivity index (χ0v) is 18.8. The maximum absolute atomic E-state index is 6.53. The van der Waals surface area contributed by atoms with Gasteiger partial charge in [-0.1, -0.05) is 57.0 Å². The van der Waals surface area contributed by atoms with Crippen molar-refractivity contribution in [3.05, 3.63) is 35.9 Å². The third-order valence-corrected chi connectivity index (χ3v) is 8.18. The number of nitrogens with one attached hydrogen (secondary N) is 1. The highest BCUT2D eigenvalue weighted by Crippen LogP contribution is 2.23. The fourth-order valence-electron chi connectivity index (χ4n) is 3.04. The van der Waals surface area contributed by atoms with Gasteiger partial charge in [-0.25, -0.2) is 0 Å². The quantitative estimate of drug-likeness (QED) is 0.285. The van der Waals surface area contributed by atoms with Crippen LogP contribution in [0.25, 0.3) is 0 Å². The van der Waals surface area contributed by atoms with E-state index in [4.69, 9.17) is 13.6 Å². The Bertz CT molecular complexity index is 434. The molecule has 27 heavy (non-hydrogen) atoms. The zero-order chi connectivity index (χ0) is 19.6. The lowest BCUT2D eigenvalue weighted by molar-refractivity contribution is 0.161. The van der Waals surface area contributed by atoms with Gasteiger partial charge >= 0.3 is 8.56 Å². The fraction of sp³-hybridized carbons (Fsp3) is 0.727. The summed E-state index contributed by atoms with van der Waals surface area (Å²) in [6, 6.07) is 12.7. The van der Waals surface area contributed by atoms with E-state index in [9.17, 15) is 0 Å². The molecule has 0 fully saturated rings. The number of methoxy groups -OCH3 is 1. The van der Waals surface area contributed by atoms with E-state index in [0.29, 0.717) is 0 Å². The second-order valence-electron chi connectivity index (χ2n) is 7.18. The van der Waals surface area contributed by atoms with Gasteiger partial charge in [0.25, 0.3) is 0 Å². The third kappa shape index (κ3) is 11.7. The van der Waals surface area contributed by atoms with Crippen molar-refractivity contribution in [3.63, 3.8) is 0 Å². The van der Waals surface area contributed by atoms with Crippen LogP contribution in [0.1, 0.15) is 57.9 Å². The maximum atomic E-state index is 6.53. The molecule has 0 aliphatic heterocycles. The van der Waals surface area contributed by atoms with Crippen molar-refractivity contribution in [2.24, 2.45) is 0 Å². The zero-order valence-electron chi connectivity index (χ0n) is 17.8. The summed E-state index contributed by atoms with van der Waals surface area (Å²) in [6.45, 7) is 8.92. The Labute approximate surface area is 168 Å². The Kier molecular flexibility index (Phi) is 14.6. The molecule has 0 unspecified atom stereocenters. The summed E-state index contributed by atoms with van der Waals surface area (Å²) >= 11 is 0. The van der Waals surface area contributed by atoms with Crippen LogP contribution in [-0.2, 0) is 19.6 Å². The van der Waals surface area contributed by atoms with Crippen molar-refractivity contribution in [2.75, 3.05) is 40.0 Å². The smallest absolute Gasteiger partial charge is 0.342 e. The highest BCUT2D eigenvalue weighted by atomic mass is 28.4. The van der Waals surface area contributed by atoms with Crippen molar-refractivity contribution in [1.29, 1.82) is 0 Å². The highest BCUT2D eigenvalue weighted by molar-refractivity contribution is 6.66. The maximum Gasteiger partial charge on any atom is 0.342 e. The van der Waals surface area contributed by atoms with Crippen LogP contribution in [0.4, 0.5) is 0 Å². The van der Waals surface area contributed by atoms with Gasteiger partial charge < -0.3 is 18.9 Å². The Balaban J connectivity index is 2.66. The van der Waals surface area contributed by atoms with Gasteiger partial charge in [0.05, 0.1) is 0 Å². The van der Waals surface area contributed by atoms with Crippen LogP contribution in [0.2, 0.25) is 6.04 Å². The molecule has 0 spiro atoms. The average Bonchev–Trinajstić information content (AvgIpc) is 2.68. The van der Waals surface area contributed by atoms with Crippen molar-refractivity contribution < 1.29 is 13.6 Å². The van der Waals surface area contributed by atoms with Gasteiger partial charge in [-0.2, -0.15) is 0 Å². The molecule has 1 aromatic carbocycles. The Morgan fingerprint density at radius 1 is 0.815 bits per heavy atom. The van der Waals surface area contributed by atoms with E-state index in [0.717, 1.165) is 83.5 Å². The minimum Gasteiger partial charge on any atom is -0.394 e. The van der Waals surface area contributed by atoms with Gasteiger partial charge in [0, 0.05) is 33.0 Å². The summed E-state index contributed by atoms with van der Waals surface area (Å²) in [5.74, 6) is 0. The molecular weight excluding hydrogens is 354 g/mol. The molecule has 0 aliphatic rings. The van der Waals surface area contributed by atoms with Gasteiger partial charge in [-0.15, -0.1) is 0 Å². The largest absolute Gasteiger partial charge is 0.394 e. The molecule has 1 N–H and O–H groups in total. The number of benzene rings is 1. The lowest BCUT2D eigenvalue weighted by Crippen LogP contribution is -2.46. The predicted octanol–water partition coefficient (Wildman–Crippen LogP) is 4.86. The molecule has 1 aromatic rings. The summed E-state index contributed by atoms with van der Waals surface area (Å²) in [6.07, 6.45) is 6.69. The number of ether oxygens (including phenoxy) is 1. The van der Waals surface area contributed by atoms with E-state index in [2.05, 4.69) is 49.5 Å². The van der Waals surface area contributed by atoms with Crippen molar-refractivity contribution >= 4 is 8.56 Å². The van der Waals surface area contributed by atoms with Crippen LogP contribution < -0.4 is 5.32 Å². The van der Waals surface area contributed by atoms with Crippen LogP contribution in [-0.4, -0.2) is 48.6 Å². The first-order chi connectivity index (χ1) is 13.3. The molecule has 0 saturated heterocycles. The van der Waals surface area contributed by atoms with Crippen molar-refractivity contribution in [3.8, 4) is 0 Å². The Morgan fingerprint density at radius 3 is 2.04 bits per heavy atom. The number of hydrogen-bond donors (Lipinski definition) is 1. The SMILES string of the molecule is CCCCO[Si](CCCNCCCOC)(Cc1ccccc1)OCCCC. The lowest BCUT2D eigenvalue weighted by Gasteiger charge is -2.31. The first-order valence-corrected chi connectivity index (χ1v) is 13.0. The number of unbranched alkanes of at least 4 members (excludes halogenated alkanes) is 2. The summed E-state index contributed by atoms with van der Waals surface area (Å²) in [7, 11) is -0.496. The summed E-state index contributed by atoms with van der Waals surface area (Å²) in [5.41, 5.74) is 1.34. The summed E-state index contributed by atoms with van der Waals surface area (Å²) < 4.78 is 18.2. The number of rotatable bonds is 18. The molecule has 5 heteroatoms. The molecule has 156 valence electrons. The molecule has 0 saturated carbocycles. The van der Waals surface area contributed by atoms with E-state index in [1.54, 1.807) is 7.11 Å². The van der Waals surface area contributed by atoms with Crippen LogP contribution >= 0.6 is 0 Å². The minimum atomic E-state index is -2.25. The molecule has 0 amide bonds. The predicted molar refractivity (Wildman–Crippen MR) is 116 cm³/mol. The second kappa shape index (κ2) is 16.3. The molecule has 1 rings (SSSR count). The minimum absolute atomic E-state index is 0.819. The Morgan fingerprint density at radius 2 is 1.44 bits per heavy atom. The highest BCUT2D eigenvalue weighted by Gasteiger charge is 2.37. The van der Waals surface area contributed by atoms with Crippen molar-refractivity contribution in [2.45, 2.75) is 64.5 Å². The number of hydrogen-bond acceptors (Lipinski definition) is 4. The van der Waals surface area contributed by atoms with Crippen LogP contribution in [0.3, 0.4) is 0 Å². The topological polar surface area (TPSA) is 39.7 Å². The van der Waals surface area contributed by atoms with Gasteiger partial charge in [0.2, 0.25) is 0 Å². The Hall–Kier alpha value is -0.723. The molecule has 0 atom stereocenters. The van der Waals surface area contributed by atoms with E-state index in [-0.39, 0.29) is 0 Å². The van der Waals surface area contributed by atoms with Crippen molar-refractivity contribution in [1.82, 2.24) is 5.32 Å². The van der Waals surface area contributed by atoms with Crippen LogP contribution in [0.15, 0.2) is 30.3 Å². The molecule has 4 nitrogen and oxygen atoms in total. The van der Waals surface area contributed by atoms with Crippen LogP contribution in [0, 0.1) is 0 Å². The first-order valence-electron chi connectivity index (χ1n) is 10.8.